The molecule has 0 bridgehead atoms. The maximum Gasteiger partial charge on any atom is 0.360 e. The second-order valence-corrected chi connectivity index (χ2v) is 3.17. The van der Waals surface area contributed by atoms with E-state index < -0.39 is 17.6 Å². The number of carbonyl (C=O) groups excluding carboxylic acids is 1. The summed E-state index contributed by atoms with van der Waals surface area (Å²) < 4.78 is 31.4. The molecule has 5 nitrogen and oxygen atoms in total. The summed E-state index contributed by atoms with van der Waals surface area (Å²) in [7, 11) is 1.20. The van der Waals surface area contributed by atoms with Crippen LogP contribution in [0.4, 0.5) is 8.78 Å². The fourth-order valence-corrected chi connectivity index (χ4v) is 1.26. The number of carbonyl (C=O) groups is 1. The largest absolute Gasteiger partial charge is 0.464 e. The second-order valence-electron chi connectivity index (χ2n) is 3.17. The minimum absolute atomic E-state index is 0.0443. The summed E-state index contributed by atoms with van der Waals surface area (Å²) in [5, 5.41) is 7.09. The molecule has 0 aliphatic carbocycles. The average molecular weight is 239 g/mol. The number of methoxy groups -OCH3 is 1. The summed E-state index contributed by atoms with van der Waals surface area (Å²) in [6.45, 7) is 0. The first-order valence-corrected chi connectivity index (χ1v) is 4.57. The zero-order valence-electron chi connectivity index (χ0n) is 8.72. The maximum atomic E-state index is 13.0. The Kier molecular flexibility index (Phi) is 2.82. The molecule has 1 aromatic heterocycles. The van der Waals surface area contributed by atoms with E-state index in [-0.39, 0.29) is 11.4 Å². The standard InChI is InChI=1S/C10H7F2N3O2/c1-17-10(16)9-5-15(14-13-9)8-3-6(11)2-7(12)4-8/h2-5H,1H3. The molecule has 17 heavy (non-hydrogen) atoms. The molecule has 0 aliphatic rings. The Morgan fingerprint density at radius 3 is 2.53 bits per heavy atom. The van der Waals surface area contributed by atoms with Gasteiger partial charge in [0.1, 0.15) is 11.6 Å². The van der Waals surface area contributed by atoms with Crippen LogP contribution in [0.25, 0.3) is 5.69 Å². The van der Waals surface area contributed by atoms with Crippen molar-refractivity contribution in [2.45, 2.75) is 0 Å². The van der Waals surface area contributed by atoms with Crippen LogP contribution in [0, 0.1) is 11.6 Å². The van der Waals surface area contributed by atoms with Gasteiger partial charge in [0.05, 0.1) is 19.0 Å². The minimum atomic E-state index is -0.741. The van der Waals surface area contributed by atoms with Crippen LogP contribution in [-0.4, -0.2) is 28.1 Å². The summed E-state index contributed by atoms with van der Waals surface area (Å²) in [5.74, 6) is -2.15. The van der Waals surface area contributed by atoms with E-state index in [1.807, 2.05) is 0 Å². The van der Waals surface area contributed by atoms with Crippen LogP contribution in [0.5, 0.6) is 0 Å². The van der Waals surface area contributed by atoms with Crippen molar-refractivity contribution in [2.75, 3.05) is 7.11 Å². The van der Waals surface area contributed by atoms with Crippen molar-refractivity contribution in [3.63, 3.8) is 0 Å². The molecule has 7 heteroatoms. The molecule has 0 aliphatic heterocycles. The van der Waals surface area contributed by atoms with Crippen LogP contribution in [-0.2, 0) is 4.74 Å². The number of hydrogen-bond acceptors (Lipinski definition) is 4. The highest BCUT2D eigenvalue weighted by atomic mass is 19.1. The molecule has 0 saturated heterocycles. The third-order valence-electron chi connectivity index (χ3n) is 2.00. The van der Waals surface area contributed by atoms with Crippen molar-refractivity contribution in [3.8, 4) is 5.69 Å². The molecule has 88 valence electrons. The molecule has 0 atom stereocenters. The van der Waals surface area contributed by atoms with Gasteiger partial charge in [-0.2, -0.15) is 0 Å². The SMILES string of the molecule is COC(=O)c1cn(-c2cc(F)cc(F)c2)nn1. The molecule has 0 unspecified atom stereocenters. The van der Waals surface area contributed by atoms with Crippen LogP contribution in [0.1, 0.15) is 10.5 Å². The maximum absolute atomic E-state index is 13.0. The topological polar surface area (TPSA) is 57.0 Å². The van der Waals surface area contributed by atoms with Crippen LogP contribution in [0.3, 0.4) is 0 Å². The number of hydrogen-bond donors (Lipinski definition) is 0. The van der Waals surface area contributed by atoms with Gasteiger partial charge in [-0.25, -0.2) is 18.3 Å². The van der Waals surface area contributed by atoms with Crippen LogP contribution in [0.15, 0.2) is 24.4 Å². The van der Waals surface area contributed by atoms with Crippen molar-refractivity contribution in [3.05, 3.63) is 41.7 Å². The third kappa shape index (κ3) is 2.27. The van der Waals surface area contributed by atoms with Gasteiger partial charge in [-0.1, -0.05) is 5.21 Å². The normalized spacial score (nSPS) is 10.3. The van der Waals surface area contributed by atoms with Crippen molar-refractivity contribution in [2.24, 2.45) is 0 Å². The Balaban J connectivity index is 2.40. The van der Waals surface area contributed by atoms with Gasteiger partial charge in [0.15, 0.2) is 5.69 Å². The Morgan fingerprint density at radius 2 is 1.94 bits per heavy atom. The van der Waals surface area contributed by atoms with Gasteiger partial charge in [0.2, 0.25) is 0 Å². The summed E-state index contributed by atoms with van der Waals surface area (Å²) in [6, 6.07) is 2.87. The van der Waals surface area contributed by atoms with Gasteiger partial charge in [-0.3, -0.25) is 0 Å². The molecule has 0 radical (unpaired) electrons. The van der Waals surface area contributed by atoms with E-state index in [0.717, 1.165) is 22.9 Å². The van der Waals surface area contributed by atoms with Crippen molar-refractivity contribution >= 4 is 5.97 Å². The Bertz CT molecular complexity index is 548. The van der Waals surface area contributed by atoms with Gasteiger partial charge in [-0.15, -0.1) is 5.10 Å². The lowest BCUT2D eigenvalue weighted by Crippen LogP contribution is -2.01. The zero-order chi connectivity index (χ0) is 12.4. The first-order valence-electron chi connectivity index (χ1n) is 4.57. The highest BCUT2D eigenvalue weighted by molar-refractivity contribution is 5.86. The van der Waals surface area contributed by atoms with Crippen molar-refractivity contribution < 1.29 is 18.3 Å². The molecule has 2 aromatic rings. The summed E-state index contributed by atoms with van der Waals surface area (Å²) in [6.07, 6.45) is 1.22. The van der Waals surface area contributed by atoms with Crippen molar-refractivity contribution in [1.29, 1.82) is 0 Å². The van der Waals surface area contributed by atoms with E-state index in [0.29, 0.717) is 0 Å². The summed E-state index contributed by atoms with van der Waals surface area (Å²) >= 11 is 0. The molecule has 1 heterocycles. The monoisotopic (exact) mass is 239 g/mol. The lowest BCUT2D eigenvalue weighted by molar-refractivity contribution is 0.0594. The number of ether oxygens (including phenoxy) is 1. The highest BCUT2D eigenvalue weighted by Crippen LogP contribution is 2.12. The molecule has 1 aromatic carbocycles. The van der Waals surface area contributed by atoms with E-state index in [9.17, 15) is 13.6 Å². The lowest BCUT2D eigenvalue weighted by Gasteiger charge is -1.99. The molecule has 0 amide bonds. The smallest absolute Gasteiger partial charge is 0.360 e. The second kappa shape index (κ2) is 4.28. The molecule has 2 rings (SSSR count). The predicted octanol–water partition coefficient (Wildman–Crippen LogP) is 1.33. The molecule has 0 N–H and O–H groups in total. The van der Waals surface area contributed by atoms with E-state index in [1.165, 1.54) is 13.3 Å². The van der Waals surface area contributed by atoms with Crippen LogP contribution >= 0.6 is 0 Å². The Labute approximate surface area is 94.6 Å². The summed E-state index contributed by atoms with van der Waals surface area (Å²) in [4.78, 5) is 11.1. The zero-order valence-corrected chi connectivity index (χ0v) is 8.72. The number of esters is 1. The fourth-order valence-electron chi connectivity index (χ4n) is 1.26. The van der Waals surface area contributed by atoms with Crippen molar-refractivity contribution in [1.82, 2.24) is 15.0 Å². The van der Waals surface area contributed by atoms with E-state index in [2.05, 4.69) is 15.0 Å². The predicted molar refractivity (Wildman–Crippen MR) is 52.6 cm³/mol. The van der Waals surface area contributed by atoms with Gasteiger partial charge < -0.3 is 4.74 Å². The van der Waals surface area contributed by atoms with E-state index in [4.69, 9.17) is 0 Å². The van der Waals surface area contributed by atoms with Crippen LogP contribution < -0.4 is 0 Å². The minimum Gasteiger partial charge on any atom is -0.464 e. The van der Waals surface area contributed by atoms with Gasteiger partial charge in [0, 0.05) is 6.07 Å². The number of halogens is 2. The average Bonchev–Trinajstić information content (AvgIpc) is 2.76. The number of rotatable bonds is 2. The first kappa shape index (κ1) is 11.2. The number of nitrogens with zero attached hydrogens (tertiary/aromatic N) is 3. The Hall–Kier alpha value is -2.31. The van der Waals surface area contributed by atoms with Gasteiger partial charge >= 0.3 is 5.97 Å². The summed E-state index contributed by atoms with van der Waals surface area (Å²) in [5.41, 5.74) is 0.0855. The molecule has 0 fully saturated rings. The third-order valence-corrected chi connectivity index (χ3v) is 2.00. The molecular formula is C10H7F2N3O2. The van der Waals surface area contributed by atoms with Gasteiger partial charge in [-0.05, 0) is 12.1 Å². The molecular weight excluding hydrogens is 232 g/mol. The Morgan fingerprint density at radius 1 is 1.29 bits per heavy atom. The number of benzene rings is 1. The van der Waals surface area contributed by atoms with Gasteiger partial charge in [0.25, 0.3) is 0 Å². The fraction of sp³-hybridized carbons (Fsp3) is 0.100. The first-order chi connectivity index (χ1) is 8.10. The quantitative estimate of drug-likeness (QED) is 0.742. The number of aromatic nitrogens is 3. The lowest BCUT2D eigenvalue weighted by atomic mass is 10.3. The van der Waals surface area contributed by atoms with Crippen LogP contribution in [0.2, 0.25) is 0 Å². The van der Waals surface area contributed by atoms with E-state index in [1.54, 1.807) is 0 Å². The molecule has 0 saturated carbocycles. The molecule has 0 spiro atoms. The highest BCUT2D eigenvalue weighted by Gasteiger charge is 2.12. The van der Waals surface area contributed by atoms with E-state index >= 15 is 0 Å².